The molecule has 2 aromatic rings. The van der Waals surface area contributed by atoms with Crippen LogP contribution in [0.15, 0.2) is 42.7 Å². The smallest absolute Gasteiger partial charge is 0.147 e. The highest BCUT2D eigenvalue weighted by molar-refractivity contribution is 5.58. The van der Waals surface area contributed by atoms with Crippen molar-refractivity contribution >= 4 is 5.69 Å². The number of rotatable bonds is 3. The molecule has 0 saturated carbocycles. The van der Waals surface area contributed by atoms with Gasteiger partial charge in [0.15, 0.2) is 0 Å². The maximum Gasteiger partial charge on any atom is 0.147 e. The predicted molar refractivity (Wildman–Crippen MR) is 65.3 cm³/mol. The molecule has 0 aliphatic heterocycles. The van der Waals surface area contributed by atoms with E-state index in [1.165, 1.54) is 0 Å². The molecule has 17 heavy (non-hydrogen) atoms. The molecule has 0 radical (unpaired) electrons. The molecule has 1 aromatic carbocycles. The lowest BCUT2D eigenvalue weighted by Crippen LogP contribution is -2.19. The zero-order valence-electron chi connectivity index (χ0n) is 9.54. The van der Waals surface area contributed by atoms with Crippen LogP contribution >= 0.6 is 0 Å². The Morgan fingerprint density at radius 3 is 2.59 bits per heavy atom. The van der Waals surface area contributed by atoms with Gasteiger partial charge in [0.2, 0.25) is 0 Å². The monoisotopic (exact) mass is 224 g/mol. The lowest BCUT2D eigenvalue weighted by molar-refractivity contribution is 0.836. The standard InChI is InChI=1S/C13H12N4/c1-17(10-13-15-7-4-8-16-13)12-6-3-2-5-11(12)9-14/h2-8H,10H2,1H3. The second-order valence-corrected chi connectivity index (χ2v) is 3.65. The summed E-state index contributed by atoms with van der Waals surface area (Å²) in [6.07, 6.45) is 3.43. The summed E-state index contributed by atoms with van der Waals surface area (Å²) in [5.74, 6) is 0.739. The molecule has 0 atom stereocenters. The number of benzene rings is 1. The van der Waals surface area contributed by atoms with Gasteiger partial charge in [-0.15, -0.1) is 0 Å². The molecule has 0 spiro atoms. The fourth-order valence-corrected chi connectivity index (χ4v) is 1.61. The Labute approximate surface area is 100 Å². The molecule has 1 heterocycles. The molecule has 0 bridgehead atoms. The molecule has 4 heteroatoms. The topological polar surface area (TPSA) is 52.8 Å². The van der Waals surface area contributed by atoms with Crippen molar-refractivity contribution < 1.29 is 0 Å². The summed E-state index contributed by atoms with van der Waals surface area (Å²) in [7, 11) is 1.92. The molecule has 0 saturated heterocycles. The molecular weight excluding hydrogens is 212 g/mol. The molecule has 4 nitrogen and oxygen atoms in total. The van der Waals surface area contributed by atoms with E-state index in [1.807, 2.05) is 30.1 Å². The first-order valence-electron chi connectivity index (χ1n) is 5.27. The van der Waals surface area contributed by atoms with Gasteiger partial charge in [0, 0.05) is 19.4 Å². The van der Waals surface area contributed by atoms with Crippen molar-refractivity contribution in [3.8, 4) is 6.07 Å². The maximum absolute atomic E-state index is 9.03. The van der Waals surface area contributed by atoms with Gasteiger partial charge in [-0.1, -0.05) is 12.1 Å². The van der Waals surface area contributed by atoms with Crippen molar-refractivity contribution in [2.75, 3.05) is 11.9 Å². The lowest BCUT2D eigenvalue weighted by Gasteiger charge is -2.19. The van der Waals surface area contributed by atoms with E-state index in [9.17, 15) is 0 Å². The largest absolute Gasteiger partial charge is 0.366 e. The van der Waals surface area contributed by atoms with Crippen LogP contribution in [0.4, 0.5) is 5.69 Å². The highest BCUT2D eigenvalue weighted by Gasteiger charge is 2.07. The first kappa shape index (κ1) is 11.1. The van der Waals surface area contributed by atoms with Crippen LogP contribution in [0.1, 0.15) is 11.4 Å². The van der Waals surface area contributed by atoms with Crippen molar-refractivity contribution in [3.63, 3.8) is 0 Å². The van der Waals surface area contributed by atoms with Gasteiger partial charge in [0.05, 0.1) is 17.8 Å². The summed E-state index contributed by atoms with van der Waals surface area (Å²) >= 11 is 0. The van der Waals surface area contributed by atoms with E-state index in [-0.39, 0.29) is 0 Å². The van der Waals surface area contributed by atoms with E-state index in [2.05, 4.69) is 16.0 Å². The van der Waals surface area contributed by atoms with E-state index in [1.54, 1.807) is 24.5 Å². The third-order valence-corrected chi connectivity index (χ3v) is 2.43. The van der Waals surface area contributed by atoms with Gasteiger partial charge in [-0.3, -0.25) is 0 Å². The molecule has 0 amide bonds. The fourth-order valence-electron chi connectivity index (χ4n) is 1.61. The number of hydrogen-bond donors (Lipinski definition) is 0. The SMILES string of the molecule is CN(Cc1ncccn1)c1ccccc1C#N. The molecule has 0 N–H and O–H groups in total. The molecule has 84 valence electrons. The van der Waals surface area contributed by atoms with Gasteiger partial charge in [-0.05, 0) is 18.2 Å². The van der Waals surface area contributed by atoms with Gasteiger partial charge >= 0.3 is 0 Å². The molecule has 0 unspecified atom stereocenters. The van der Waals surface area contributed by atoms with Crippen LogP contribution in [0.3, 0.4) is 0 Å². The Bertz CT molecular complexity index is 531. The summed E-state index contributed by atoms with van der Waals surface area (Å²) in [6, 6.07) is 11.5. The number of aromatic nitrogens is 2. The number of nitrogens with zero attached hydrogens (tertiary/aromatic N) is 4. The van der Waals surface area contributed by atoms with Crippen molar-refractivity contribution in [1.82, 2.24) is 9.97 Å². The van der Waals surface area contributed by atoms with Gasteiger partial charge < -0.3 is 4.90 Å². The van der Waals surface area contributed by atoms with E-state index in [4.69, 9.17) is 5.26 Å². The highest BCUT2D eigenvalue weighted by atomic mass is 15.1. The van der Waals surface area contributed by atoms with Crippen LogP contribution in [0.25, 0.3) is 0 Å². The zero-order chi connectivity index (χ0) is 12.1. The van der Waals surface area contributed by atoms with Crippen LogP contribution < -0.4 is 4.90 Å². The average molecular weight is 224 g/mol. The van der Waals surface area contributed by atoms with E-state index in [0.717, 1.165) is 11.5 Å². The number of anilines is 1. The van der Waals surface area contributed by atoms with Crippen molar-refractivity contribution in [3.05, 3.63) is 54.1 Å². The predicted octanol–water partition coefficient (Wildman–Crippen LogP) is 1.98. The Kier molecular flexibility index (Phi) is 3.31. The Balaban J connectivity index is 2.21. The second-order valence-electron chi connectivity index (χ2n) is 3.65. The minimum atomic E-state index is 0.583. The highest BCUT2D eigenvalue weighted by Crippen LogP contribution is 2.18. The van der Waals surface area contributed by atoms with Crippen LogP contribution in [0, 0.1) is 11.3 Å². The molecular formula is C13H12N4. The molecule has 1 aromatic heterocycles. The number of para-hydroxylation sites is 1. The summed E-state index contributed by atoms with van der Waals surface area (Å²) in [6.45, 7) is 0.583. The van der Waals surface area contributed by atoms with E-state index >= 15 is 0 Å². The van der Waals surface area contributed by atoms with Crippen LogP contribution in [0.2, 0.25) is 0 Å². The Morgan fingerprint density at radius 2 is 1.88 bits per heavy atom. The third kappa shape index (κ3) is 2.58. The summed E-state index contributed by atoms with van der Waals surface area (Å²) in [4.78, 5) is 10.3. The molecule has 2 rings (SSSR count). The first-order valence-corrected chi connectivity index (χ1v) is 5.27. The number of nitriles is 1. The van der Waals surface area contributed by atoms with Crippen molar-refractivity contribution in [2.45, 2.75) is 6.54 Å². The summed E-state index contributed by atoms with van der Waals surface area (Å²) in [5, 5.41) is 9.03. The molecule has 0 aliphatic rings. The fraction of sp³-hybridized carbons (Fsp3) is 0.154. The normalized spacial score (nSPS) is 9.65. The van der Waals surface area contributed by atoms with Crippen LogP contribution in [-0.2, 0) is 6.54 Å². The average Bonchev–Trinajstić information content (AvgIpc) is 2.40. The third-order valence-electron chi connectivity index (χ3n) is 2.43. The lowest BCUT2D eigenvalue weighted by atomic mass is 10.2. The van der Waals surface area contributed by atoms with Crippen LogP contribution in [-0.4, -0.2) is 17.0 Å². The van der Waals surface area contributed by atoms with Crippen molar-refractivity contribution in [1.29, 1.82) is 5.26 Å². The quantitative estimate of drug-likeness (QED) is 0.800. The van der Waals surface area contributed by atoms with Gasteiger partial charge in [0.25, 0.3) is 0 Å². The minimum absolute atomic E-state index is 0.583. The Hall–Kier alpha value is -2.41. The first-order chi connectivity index (χ1) is 8.31. The van der Waals surface area contributed by atoms with Gasteiger partial charge in [0.1, 0.15) is 11.9 Å². The van der Waals surface area contributed by atoms with Gasteiger partial charge in [-0.2, -0.15) is 5.26 Å². The van der Waals surface area contributed by atoms with Gasteiger partial charge in [-0.25, -0.2) is 9.97 Å². The van der Waals surface area contributed by atoms with E-state index < -0.39 is 0 Å². The Morgan fingerprint density at radius 1 is 1.18 bits per heavy atom. The minimum Gasteiger partial charge on any atom is -0.366 e. The second kappa shape index (κ2) is 5.08. The summed E-state index contributed by atoms with van der Waals surface area (Å²) in [5.41, 5.74) is 1.55. The number of hydrogen-bond acceptors (Lipinski definition) is 4. The zero-order valence-corrected chi connectivity index (χ0v) is 9.54. The van der Waals surface area contributed by atoms with Crippen LogP contribution in [0.5, 0.6) is 0 Å². The summed E-state index contributed by atoms with van der Waals surface area (Å²) < 4.78 is 0. The molecule has 0 fully saturated rings. The molecule has 0 aliphatic carbocycles. The van der Waals surface area contributed by atoms with Crippen molar-refractivity contribution in [2.24, 2.45) is 0 Å². The maximum atomic E-state index is 9.03. The van der Waals surface area contributed by atoms with E-state index in [0.29, 0.717) is 12.1 Å².